The molecule has 1 amide bonds. The first-order chi connectivity index (χ1) is 15.2. The molecule has 0 atom stereocenters. The molecular weight excluding hydrogens is 397 g/mol. The summed E-state index contributed by atoms with van der Waals surface area (Å²) in [4.78, 5) is 17.2. The normalized spacial score (nSPS) is 11.0. The first-order valence-electron chi connectivity index (χ1n) is 9.57. The van der Waals surface area contributed by atoms with Crippen molar-refractivity contribution in [3.05, 3.63) is 96.3 Å². The second-order valence-corrected chi connectivity index (χ2v) is 6.78. The smallest absolute Gasteiger partial charge is 0.252 e. The van der Waals surface area contributed by atoms with Crippen LogP contribution in [0.3, 0.4) is 0 Å². The SMILES string of the molecule is O=C(NCc1nnc2ccccn12)c1ccccc1-c1ncc(-c2ccccc2F)o1. The number of halogens is 1. The lowest BCUT2D eigenvalue weighted by Crippen LogP contribution is -2.24. The Morgan fingerprint density at radius 2 is 1.74 bits per heavy atom. The van der Waals surface area contributed by atoms with E-state index < -0.39 is 5.82 Å². The van der Waals surface area contributed by atoms with Crippen LogP contribution in [0.15, 0.2) is 83.5 Å². The summed E-state index contributed by atoms with van der Waals surface area (Å²) in [5.74, 6) is 0.417. The molecule has 8 heteroatoms. The van der Waals surface area contributed by atoms with Crippen LogP contribution in [0.5, 0.6) is 0 Å². The molecule has 0 saturated heterocycles. The Balaban J connectivity index is 1.40. The van der Waals surface area contributed by atoms with Gasteiger partial charge in [-0.2, -0.15) is 0 Å². The largest absolute Gasteiger partial charge is 0.436 e. The van der Waals surface area contributed by atoms with E-state index in [1.54, 1.807) is 46.9 Å². The van der Waals surface area contributed by atoms with Crippen molar-refractivity contribution in [2.45, 2.75) is 6.54 Å². The van der Waals surface area contributed by atoms with Crippen LogP contribution in [-0.4, -0.2) is 25.5 Å². The molecule has 0 radical (unpaired) electrons. The Morgan fingerprint density at radius 3 is 2.61 bits per heavy atom. The molecule has 31 heavy (non-hydrogen) atoms. The van der Waals surface area contributed by atoms with E-state index in [0.29, 0.717) is 33.9 Å². The van der Waals surface area contributed by atoms with Gasteiger partial charge in [-0.3, -0.25) is 9.20 Å². The topological polar surface area (TPSA) is 85.3 Å². The molecule has 0 aliphatic carbocycles. The van der Waals surface area contributed by atoms with Crippen molar-refractivity contribution in [2.75, 3.05) is 0 Å². The zero-order valence-electron chi connectivity index (χ0n) is 16.2. The summed E-state index contributed by atoms with van der Waals surface area (Å²) in [6, 6.07) is 18.8. The van der Waals surface area contributed by atoms with Gasteiger partial charge in [-0.05, 0) is 36.4 Å². The molecule has 0 aliphatic rings. The number of nitrogens with zero attached hydrogens (tertiary/aromatic N) is 4. The minimum absolute atomic E-state index is 0.199. The second-order valence-electron chi connectivity index (χ2n) is 6.78. The van der Waals surface area contributed by atoms with E-state index in [-0.39, 0.29) is 18.3 Å². The molecule has 152 valence electrons. The molecule has 1 N–H and O–H groups in total. The highest BCUT2D eigenvalue weighted by molar-refractivity contribution is 6.00. The third-order valence-electron chi connectivity index (χ3n) is 4.84. The minimum atomic E-state index is -0.406. The molecule has 0 unspecified atom stereocenters. The van der Waals surface area contributed by atoms with E-state index in [2.05, 4.69) is 20.5 Å². The Morgan fingerprint density at radius 1 is 0.968 bits per heavy atom. The predicted octanol–water partition coefficient (Wildman–Crippen LogP) is 4.12. The zero-order chi connectivity index (χ0) is 21.2. The molecule has 0 bridgehead atoms. The first kappa shape index (κ1) is 18.7. The number of oxazole rings is 1. The van der Waals surface area contributed by atoms with Crippen molar-refractivity contribution < 1.29 is 13.6 Å². The molecule has 0 spiro atoms. The molecular formula is C23H16FN5O2. The number of carbonyl (C=O) groups is 1. The molecule has 3 heterocycles. The number of nitrogens with one attached hydrogen (secondary N) is 1. The molecule has 0 saturated carbocycles. The summed E-state index contributed by atoms with van der Waals surface area (Å²) in [5, 5.41) is 11.1. The molecule has 3 aromatic heterocycles. The fourth-order valence-electron chi connectivity index (χ4n) is 3.32. The number of carbonyl (C=O) groups excluding carboxylic acids is 1. The third-order valence-corrected chi connectivity index (χ3v) is 4.84. The number of fused-ring (bicyclic) bond motifs is 1. The quantitative estimate of drug-likeness (QED) is 0.469. The fraction of sp³-hybridized carbons (Fsp3) is 0.0435. The van der Waals surface area contributed by atoms with Gasteiger partial charge in [0.05, 0.1) is 23.9 Å². The van der Waals surface area contributed by atoms with Gasteiger partial charge in [0.15, 0.2) is 17.2 Å². The van der Waals surface area contributed by atoms with Gasteiger partial charge in [0.25, 0.3) is 5.91 Å². The lowest BCUT2D eigenvalue weighted by molar-refractivity contribution is 0.0950. The van der Waals surface area contributed by atoms with Crippen LogP contribution in [0.1, 0.15) is 16.2 Å². The average Bonchev–Trinajstić information content (AvgIpc) is 3.45. The molecule has 0 fully saturated rings. The molecule has 0 aliphatic heterocycles. The van der Waals surface area contributed by atoms with Gasteiger partial charge in [0.1, 0.15) is 5.82 Å². The number of aromatic nitrogens is 4. The fourth-order valence-corrected chi connectivity index (χ4v) is 3.32. The van der Waals surface area contributed by atoms with Gasteiger partial charge in [0.2, 0.25) is 5.89 Å². The Bertz CT molecular complexity index is 1390. The van der Waals surface area contributed by atoms with Crippen molar-refractivity contribution in [2.24, 2.45) is 0 Å². The summed E-state index contributed by atoms with van der Waals surface area (Å²) in [7, 11) is 0. The number of amides is 1. The van der Waals surface area contributed by atoms with Gasteiger partial charge < -0.3 is 9.73 Å². The minimum Gasteiger partial charge on any atom is -0.436 e. The summed E-state index contributed by atoms with van der Waals surface area (Å²) in [6.07, 6.45) is 3.28. The molecule has 5 aromatic rings. The highest BCUT2D eigenvalue weighted by Gasteiger charge is 2.18. The maximum Gasteiger partial charge on any atom is 0.252 e. The molecule has 2 aromatic carbocycles. The number of hydrogen-bond acceptors (Lipinski definition) is 5. The lowest BCUT2D eigenvalue weighted by Gasteiger charge is -2.08. The first-order valence-corrected chi connectivity index (χ1v) is 9.57. The van der Waals surface area contributed by atoms with Crippen molar-refractivity contribution in [3.63, 3.8) is 0 Å². The van der Waals surface area contributed by atoms with E-state index in [1.165, 1.54) is 12.3 Å². The van der Waals surface area contributed by atoms with Crippen LogP contribution in [0.2, 0.25) is 0 Å². The zero-order valence-corrected chi connectivity index (χ0v) is 16.2. The highest BCUT2D eigenvalue weighted by atomic mass is 19.1. The number of pyridine rings is 1. The molecule has 7 nitrogen and oxygen atoms in total. The van der Waals surface area contributed by atoms with E-state index >= 15 is 0 Å². The summed E-state index contributed by atoms with van der Waals surface area (Å²) < 4.78 is 21.7. The van der Waals surface area contributed by atoms with Crippen LogP contribution < -0.4 is 5.32 Å². The predicted molar refractivity (Wildman–Crippen MR) is 111 cm³/mol. The van der Waals surface area contributed by atoms with Crippen LogP contribution in [0.4, 0.5) is 4.39 Å². The average molecular weight is 413 g/mol. The van der Waals surface area contributed by atoms with Crippen LogP contribution in [-0.2, 0) is 6.54 Å². The number of hydrogen-bond donors (Lipinski definition) is 1. The lowest BCUT2D eigenvalue weighted by atomic mass is 10.1. The van der Waals surface area contributed by atoms with Gasteiger partial charge in [-0.25, -0.2) is 9.37 Å². The van der Waals surface area contributed by atoms with E-state index in [9.17, 15) is 9.18 Å². The van der Waals surface area contributed by atoms with E-state index in [4.69, 9.17) is 4.42 Å². The van der Waals surface area contributed by atoms with Gasteiger partial charge >= 0.3 is 0 Å². The summed E-state index contributed by atoms with van der Waals surface area (Å²) in [5.41, 5.74) is 1.90. The van der Waals surface area contributed by atoms with Gasteiger partial charge in [0, 0.05) is 11.8 Å². The van der Waals surface area contributed by atoms with Gasteiger partial charge in [-0.15, -0.1) is 10.2 Å². The third kappa shape index (κ3) is 3.55. The van der Waals surface area contributed by atoms with Crippen molar-refractivity contribution in [1.82, 2.24) is 24.9 Å². The van der Waals surface area contributed by atoms with E-state index in [0.717, 1.165) is 0 Å². The van der Waals surface area contributed by atoms with Crippen LogP contribution >= 0.6 is 0 Å². The summed E-state index contributed by atoms with van der Waals surface area (Å²) >= 11 is 0. The Kier molecular flexibility index (Phi) is 4.72. The number of rotatable bonds is 5. The Hall–Kier alpha value is -4.33. The van der Waals surface area contributed by atoms with E-state index in [1.807, 2.05) is 24.4 Å². The summed E-state index contributed by atoms with van der Waals surface area (Å²) in [6.45, 7) is 0.199. The second kappa shape index (κ2) is 7.83. The molecule has 5 rings (SSSR count). The van der Waals surface area contributed by atoms with Crippen LogP contribution in [0, 0.1) is 5.82 Å². The standard InChI is InChI=1S/C23H16FN5O2/c24-18-10-4-3-9-17(18)19-13-26-23(31-19)16-8-2-1-7-15(16)22(30)25-14-21-28-27-20-11-5-6-12-29(20)21/h1-13H,14H2,(H,25,30). The van der Waals surface area contributed by atoms with Crippen molar-refractivity contribution >= 4 is 11.6 Å². The Labute approximate surface area is 176 Å². The maximum atomic E-state index is 14.1. The van der Waals surface area contributed by atoms with Crippen molar-refractivity contribution in [1.29, 1.82) is 0 Å². The number of benzene rings is 2. The monoisotopic (exact) mass is 413 g/mol. The highest BCUT2D eigenvalue weighted by Crippen LogP contribution is 2.29. The maximum absolute atomic E-state index is 14.1. The van der Waals surface area contributed by atoms with Gasteiger partial charge in [-0.1, -0.05) is 30.3 Å². The van der Waals surface area contributed by atoms with Crippen molar-refractivity contribution in [3.8, 4) is 22.8 Å². The van der Waals surface area contributed by atoms with Crippen LogP contribution in [0.25, 0.3) is 28.4 Å².